The molecule has 0 radical (unpaired) electrons. The maximum Gasteiger partial charge on any atom is 0.254 e. The second kappa shape index (κ2) is 13.3. The van der Waals surface area contributed by atoms with Crippen molar-refractivity contribution >= 4 is 40.9 Å². The normalized spacial score (nSPS) is 16.4. The number of hydrogen-bond acceptors (Lipinski definition) is 5. The Morgan fingerprint density at radius 2 is 1.76 bits per heavy atom. The van der Waals surface area contributed by atoms with Gasteiger partial charge in [-0.1, -0.05) is 42.5 Å². The van der Waals surface area contributed by atoms with Crippen LogP contribution in [0.3, 0.4) is 0 Å². The molecule has 1 aliphatic heterocycles. The van der Waals surface area contributed by atoms with E-state index in [9.17, 15) is 23.9 Å². The van der Waals surface area contributed by atoms with Gasteiger partial charge < -0.3 is 26.4 Å². The van der Waals surface area contributed by atoms with Crippen molar-refractivity contribution < 1.29 is 23.9 Å². The zero-order chi connectivity index (χ0) is 26.4. The zero-order valence-electron chi connectivity index (χ0n) is 20.8. The van der Waals surface area contributed by atoms with E-state index >= 15 is 0 Å². The van der Waals surface area contributed by atoms with E-state index in [1.54, 1.807) is 0 Å². The van der Waals surface area contributed by atoms with Crippen LogP contribution < -0.4 is 16.4 Å². The van der Waals surface area contributed by atoms with Gasteiger partial charge in [0.2, 0.25) is 11.8 Å². The molecule has 1 heterocycles. The lowest BCUT2D eigenvalue weighted by atomic mass is 10.0. The molecule has 202 valence electrons. The predicted molar refractivity (Wildman–Crippen MR) is 145 cm³/mol. The van der Waals surface area contributed by atoms with Crippen LogP contribution in [0.15, 0.2) is 66.7 Å². The minimum atomic E-state index is -0.929. The summed E-state index contributed by atoms with van der Waals surface area (Å²) in [6, 6.07) is 17.2. The second-order valence-corrected chi connectivity index (χ2v) is 9.24. The first-order chi connectivity index (χ1) is 17.9. The topological polar surface area (TPSA) is 125 Å². The number of halogens is 2. The van der Waals surface area contributed by atoms with Crippen LogP contribution in [0.2, 0.25) is 0 Å². The van der Waals surface area contributed by atoms with Crippen LogP contribution in [-0.4, -0.2) is 65.5 Å². The number of nitrogens with two attached hydrogens (primary N) is 1. The molecule has 3 aromatic rings. The van der Waals surface area contributed by atoms with E-state index < -0.39 is 35.8 Å². The number of fused-ring (bicyclic) bond motifs is 1. The number of likely N-dealkylation sites (tertiary alicyclic amines) is 1. The smallest absolute Gasteiger partial charge is 0.254 e. The number of nitrogens with zero attached hydrogens (tertiary/aromatic N) is 1. The van der Waals surface area contributed by atoms with E-state index in [-0.39, 0.29) is 37.8 Å². The van der Waals surface area contributed by atoms with Crippen molar-refractivity contribution in [2.75, 3.05) is 19.6 Å². The zero-order valence-corrected chi connectivity index (χ0v) is 21.6. The average molecular weight is 543 g/mol. The summed E-state index contributed by atoms with van der Waals surface area (Å²) in [5.41, 5.74) is 6.59. The number of rotatable bonds is 9. The quantitative estimate of drug-likeness (QED) is 0.330. The van der Waals surface area contributed by atoms with Gasteiger partial charge in [0, 0.05) is 31.6 Å². The molecule has 1 saturated heterocycles. The van der Waals surface area contributed by atoms with Gasteiger partial charge in [-0.05, 0) is 53.4 Å². The number of hydrogen-bond donors (Lipinski definition) is 4. The van der Waals surface area contributed by atoms with Gasteiger partial charge in [0.25, 0.3) is 5.91 Å². The number of aliphatic hydroxyl groups excluding tert-OH is 1. The molecule has 38 heavy (non-hydrogen) atoms. The monoisotopic (exact) mass is 542 g/mol. The number of carbonyl (C=O) groups is 3. The van der Waals surface area contributed by atoms with Crippen molar-refractivity contribution in [2.45, 2.75) is 37.5 Å². The van der Waals surface area contributed by atoms with E-state index in [4.69, 9.17) is 5.73 Å². The summed E-state index contributed by atoms with van der Waals surface area (Å²) in [5.74, 6) is -1.70. The number of amides is 3. The molecule has 0 spiro atoms. The summed E-state index contributed by atoms with van der Waals surface area (Å²) < 4.78 is 13.3. The number of aliphatic hydroxyl groups is 1. The predicted octanol–water partition coefficient (Wildman–Crippen LogP) is 2.17. The van der Waals surface area contributed by atoms with Crippen LogP contribution in [0.5, 0.6) is 0 Å². The summed E-state index contributed by atoms with van der Waals surface area (Å²) in [5, 5.41) is 17.3. The first kappa shape index (κ1) is 29.0. The van der Waals surface area contributed by atoms with Crippen molar-refractivity contribution in [3.8, 4) is 0 Å². The van der Waals surface area contributed by atoms with Crippen LogP contribution in [-0.2, 0) is 16.0 Å². The van der Waals surface area contributed by atoms with Gasteiger partial charge in [0.15, 0.2) is 0 Å². The summed E-state index contributed by atoms with van der Waals surface area (Å²) in [4.78, 5) is 40.9. The standard InChI is InChI=1S/C28H31FN4O4.ClH/c29-22-11-9-20(10-12-22)28(37)33-13-3-6-25(33)27(36)32-24(26(35)31-17-23(34)16-30)15-18-7-8-19-4-1-2-5-21(19)14-18;/h1-2,4-5,7-12,14,23-25,34H,3,6,13,15-17,30H2,(H,31,35)(H,32,36);1H/t23?,24-,25-;/m1./s1. The Morgan fingerprint density at radius 3 is 2.47 bits per heavy atom. The molecule has 0 aliphatic carbocycles. The maximum absolute atomic E-state index is 13.3. The van der Waals surface area contributed by atoms with Gasteiger partial charge in [-0.15, -0.1) is 12.4 Å². The number of nitrogens with one attached hydrogen (secondary N) is 2. The highest BCUT2D eigenvalue weighted by Gasteiger charge is 2.36. The Morgan fingerprint density at radius 1 is 1.05 bits per heavy atom. The molecule has 1 fully saturated rings. The molecule has 10 heteroatoms. The Bertz CT molecular complexity index is 1270. The molecule has 0 saturated carbocycles. The van der Waals surface area contributed by atoms with E-state index in [2.05, 4.69) is 10.6 Å². The first-order valence-corrected chi connectivity index (χ1v) is 12.4. The van der Waals surface area contributed by atoms with E-state index in [1.807, 2.05) is 42.5 Å². The molecule has 1 aliphatic rings. The average Bonchev–Trinajstić information content (AvgIpc) is 3.41. The van der Waals surface area contributed by atoms with Gasteiger partial charge in [0.05, 0.1) is 6.10 Å². The molecule has 0 aromatic heterocycles. The molecule has 3 aromatic carbocycles. The van der Waals surface area contributed by atoms with Gasteiger partial charge in [-0.2, -0.15) is 0 Å². The Kier molecular flexibility index (Phi) is 10.2. The van der Waals surface area contributed by atoms with Crippen molar-refractivity contribution in [1.82, 2.24) is 15.5 Å². The lowest BCUT2D eigenvalue weighted by Gasteiger charge is -2.27. The molecule has 1 unspecified atom stereocenters. The van der Waals surface area contributed by atoms with Gasteiger partial charge in [-0.25, -0.2) is 4.39 Å². The molecular formula is C28H32ClFN4O4. The van der Waals surface area contributed by atoms with Crippen LogP contribution in [0.25, 0.3) is 10.8 Å². The minimum Gasteiger partial charge on any atom is -0.390 e. The van der Waals surface area contributed by atoms with E-state index in [1.165, 1.54) is 29.2 Å². The fraction of sp³-hybridized carbons (Fsp3) is 0.321. The van der Waals surface area contributed by atoms with Gasteiger partial charge in [0.1, 0.15) is 17.9 Å². The highest BCUT2D eigenvalue weighted by atomic mass is 35.5. The highest BCUT2D eigenvalue weighted by Crippen LogP contribution is 2.22. The van der Waals surface area contributed by atoms with Crippen molar-refractivity contribution in [2.24, 2.45) is 5.73 Å². The molecule has 0 bridgehead atoms. The summed E-state index contributed by atoms with van der Waals surface area (Å²) in [6.45, 7) is 0.334. The van der Waals surface area contributed by atoms with Crippen LogP contribution in [0.4, 0.5) is 4.39 Å². The summed E-state index contributed by atoms with van der Waals surface area (Å²) >= 11 is 0. The fourth-order valence-corrected chi connectivity index (χ4v) is 4.54. The first-order valence-electron chi connectivity index (χ1n) is 12.4. The molecule has 5 N–H and O–H groups in total. The molecule has 4 rings (SSSR count). The number of benzene rings is 3. The Balaban J connectivity index is 0.00000400. The van der Waals surface area contributed by atoms with Crippen molar-refractivity contribution in [3.05, 3.63) is 83.7 Å². The largest absolute Gasteiger partial charge is 0.390 e. The highest BCUT2D eigenvalue weighted by molar-refractivity contribution is 5.99. The number of carbonyl (C=O) groups excluding carboxylic acids is 3. The third-order valence-corrected chi connectivity index (χ3v) is 6.58. The van der Waals surface area contributed by atoms with Crippen molar-refractivity contribution in [3.63, 3.8) is 0 Å². The second-order valence-electron chi connectivity index (χ2n) is 9.24. The van der Waals surface area contributed by atoms with Gasteiger partial charge >= 0.3 is 0 Å². The Labute approximate surface area is 226 Å². The fourth-order valence-electron chi connectivity index (χ4n) is 4.54. The summed E-state index contributed by atoms with van der Waals surface area (Å²) in [7, 11) is 0. The lowest BCUT2D eigenvalue weighted by Crippen LogP contribution is -2.54. The van der Waals surface area contributed by atoms with E-state index in [0.717, 1.165) is 16.3 Å². The minimum absolute atomic E-state index is 0. The Hall–Kier alpha value is -3.53. The van der Waals surface area contributed by atoms with Crippen LogP contribution >= 0.6 is 12.4 Å². The lowest BCUT2D eigenvalue weighted by molar-refractivity contribution is -0.131. The third-order valence-electron chi connectivity index (χ3n) is 6.58. The van der Waals surface area contributed by atoms with Crippen LogP contribution in [0.1, 0.15) is 28.8 Å². The van der Waals surface area contributed by atoms with E-state index in [0.29, 0.717) is 24.9 Å². The van der Waals surface area contributed by atoms with Crippen molar-refractivity contribution in [1.29, 1.82) is 0 Å². The molecule has 3 amide bonds. The SMILES string of the molecule is Cl.NCC(O)CNC(=O)[C@@H](Cc1ccc2ccccc2c1)NC(=O)[C@H]1CCCN1C(=O)c1ccc(F)cc1. The summed E-state index contributed by atoms with van der Waals surface area (Å²) in [6.07, 6.45) is 0.406. The molecule has 3 atom stereocenters. The molecular weight excluding hydrogens is 511 g/mol. The van der Waals surface area contributed by atoms with Gasteiger partial charge in [-0.3, -0.25) is 14.4 Å². The maximum atomic E-state index is 13.3. The molecule has 8 nitrogen and oxygen atoms in total. The third kappa shape index (κ3) is 7.06. The van der Waals surface area contributed by atoms with Crippen LogP contribution in [0, 0.1) is 5.82 Å².